The van der Waals surface area contributed by atoms with Crippen molar-refractivity contribution >= 4 is 22.9 Å². The van der Waals surface area contributed by atoms with Gasteiger partial charge in [-0.15, -0.1) is 0 Å². The summed E-state index contributed by atoms with van der Waals surface area (Å²) in [5, 5.41) is 0.748. The Labute approximate surface area is 126 Å². The minimum absolute atomic E-state index is 0.0658. The maximum Gasteiger partial charge on any atom is 0.336 e. The molecule has 1 aliphatic rings. The number of likely N-dealkylation sites (N-methyl/N-ethyl adjacent to an activating group) is 1. The largest absolute Gasteiger partial charge is 0.422 e. The highest BCUT2D eigenvalue weighted by Gasteiger charge is 2.33. The van der Waals surface area contributed by atoms with Crippen LogP contribution in [0, 0.1) is 13.8 Å². The molecule has 1 saturated heterocycles. The highest BCUT2D eigenvalue weighted by atomic mass is 16.4. The molecule has 1 aromatic heterocycles. The Morgan fingerprint density at radius 2 is 1.91 bits per heavy atom. The van der Waals surface area contributed by atoms with E-state index in [1.807, 2.05) is 26.0 Å². The summed E-state index contributed by atoms with van der Waals surface area (Å²) in [5.41, 5.74) is 2.54. The number of aryl methyl sites for hydroxylation is 2. The summed E-state index contributed by atoms with van der Waals surface area (Å²) in [6.07, 6.45) is 0. The molecule has 0 radical (unpaired) electrons. The molecule has 6 heteroatoms. The van der Waals surface area contributed by atoms with Gasteiger partial charge in [0.1, 0.15) is 12.1 Å². The Hall–Kier alpha value is -2.63. The average Bonchev–Trinajstić information content (AvgIpc) is 2.70. The van der Waals surface area contributed by atoms with Crippen LogP contribution < -0.4 is 5.63 Å². The number of benzene rings is 1. The van der Waals surface area contributed by atoms with E-state index in [9.17, 15) is 14.4 Å². The van der Waals surface area contributed by atoms with Crippen LogP contribution in [-0.2, 0) is 11.3 Å². The summed E-state index contributed by atoms with van der Waals surface area (Å²) in [6.45, 7) is 3.96. The van der Waals surface area contributed by atoms with Crippen molar-refractivity contribution in [2.45, 2.75) is 20.4 Å². The Balaban J connectivity index is 2.12. The first-order valence-corrected chi connectivity index (χ1v) is 6.97. The van der Waals surface area contributed by atoms with Gasteiger partial charge in [-0.05, 0) is 30.5 Å². The van der Waals surface area contributed by atoms with Crippen molar-refractivity contribution in [2.24, 2.45) is 0 Å². The molecule has 114 valence electrons. The minimum atomic E-state index is -0.483. The highest BCUT2D eigenvalue weighted by Crippen LogP contribution is 2.25. The third kappa shape index (κ3) is 2.16. The van der Waals surface area contributed by atoms with Gasteiger partial charge in [0.05, 0.1) is 6.54 Å². The van der Waals surface area contributed by atoms with Gasteiger partial charge in [-0.3, -0.25) is 9.69 Å². The predicted octanol–water partition coefficient (Wildman–Crippen LogP) is 1.80. The first-order valence-electron chi connectivity index (χ1n) is 6.97. The van der Waals surface area contributed by atoms with Crippen LogP contribution in [0.5, 0.6) is 0 Å². The van der Waals surface area contributed by atoms with Crippen molar-refractivity contribution in [3.63, 3.8) is 0 Å². The van der Waals surface area contributed by atoms with Gasteiger partial charge in [0.2, 0.25) is 0 Å². The van der Waals surface area contributed by atoms with Crippen LogP contribution in [0.3, 0.4) is 0 Å². The summed E-state index contributed by atoms with van der Waals surface area (Å²) in [7, 11) is 1.57. The molecule has 0 spiro atoms. The molecule has 0 N–H and O–H groups in total. The average molecular weight is 300 g/mol. The molecule has 6 nitrogen and oxygen atoms in total. The molecule has 3 rings (SSSR count). The molecule has 0 atom stereocenters. The summed E-state index contributed by atoms with van der Waals surface area (Å²) in [6, 6.07) is 4.77. The second-order valence-corrected chi connectivity index (χ2v) is 5.59. The second kappa shape index (κ2) is 4.98. The van der Waals surface area contributed by atoms with E-state index in [1.165, 1.54) is 11.0 Å². The minimum Gasteiger partial charge on any atom is -0.422 e. The second-order valence-electron chi connectivity index (χ2n) is 5.59. The van der Waals surface area contributed by atoms with Gasteiger partial charge < -0.3 is 9.32 Å². The molecule has 22 heavy (non-hydrogen) atoms. The maximum absolute atomic E-state index is 12.0. The van der Waals surface area contributed by atoms with Crippen molar-refractivity contribution < 1.29 is 14.0 Å². The number of hydrogen-bond acceptors (Lipinski definition) is 4. The quantitative estimate of drug-likeness (QED) is 0.626. The molecule has 1 fully saturated rings. The molecular formula is C16H16N2O4. The Morgan fingerprint density at radius 1 is 1.18 bits per heavy atom. The maximum atomic E-state index is 12.0. The van der Waals surface area contributed by atoms with Crippen LogP contribution in [0.25, 0.3) is 11.0 Å². The Kier molecular flexibility index (Phi) is 3.24. The summed E-state index contributed by atoms with van der Waals surface area (Å²) >= 11 is 0. The van der Waals surface area contributed by atoms with Crippen molar-refractivity contribution in [2.75, 3.05) is 13.6 Å². The van der Waals surface area contributed by atoms with E-state index < -0.39 is 5.63 Å². The molecule has 1 aromatic carbocycles. The van der Waals surface area contributed by atoms with Crippen molar-refractivity contribution in [3.8, 4) is 0 Å². The van der Waals surface area contributed by atoms with Gasteiger partial charge in [0.25, 0.3) is 5.91 Å². The molecule has 2 heterocycles. The third-order valence-corrected chi connectivity index (χ3v) is 4.08. The summed E-state index contributed by atoms with van der Waals surface area (Å²) < 4.78 is 5.30. The molecule has 0 saturated carbocycles. The predicted molar refractivity (Wildman–Crippen MR) is 80.5 cm³/mol. The zero-order valence-electron chi connectivity index (χ0n) is 12.7. The smallest absolute Gasteiger partial charge is 0.336 e. The van der Waals surface area contributed by atoms with Gasteiger partial charge in [-0.1, -0.05) is 12.1 Å². The molecule has 0 bridgehead atoms. The number of hydrogen-bond donors (Lipinski definition) is 0. The van der Waals surface area contributed by atoms with E-state index in [-0.39, 0.29) is 25.0 Å². The molecular weight excluding hydrogens is 284 g/mol. The van der Waals surface area contributed by atoms with E-state index in [0.29, 0.717) is 11.1 Å². The zero-order chi connectivity index (χ0) is 16.0. The number of nitrogens with zero attached hydrogens (tertiary/aromatic N) is 2. The molecule has 3 amide bonds. The topological polar surface area (TPSA) is 70.8 Å². The number of carbonyl (C=O) groups is 2. The SMILES string of the molecule is Cc1ccc2c(CN3C(=O)CN(C)C3=O)cc(=O)oc2c1C. The van der Waals surface area contributed by atoms with Gasteiger partial charge in [0, 0.05) is 18.5 Å². The third-order valence-electron chi connectivity index (χ3n) is 4.08. The number of imide groups is 1. The molecule has 0 unspecified atom stereocenters. The lowest BCUT2D eigenvalue weighted by Gasteiger charge is -2.15. The number of urea groups is 1. The van der Waals surface area contributed by atoms with Crippen molar-refractivity contribution in [1.29, 1.82) is 0 Å². The van der Waals surface area contributed by atoms with Crippen LogP contribution in [0.15, 0.2) is 27.4 Å². The van der Waals surface area contributed by atoms with E-state index in [0.717, 1.165) is 21.4 Å². The van der Waals surface area contributed by atoms with Gasteiger partial charge in [0.15, 0.2) is 0 Å². The Bertz CT molecular complexity index is 853. The lowest BCUT2D eigenvalue weighted by atomic mass is 10.0. The fourth-order valence-corrected chi connectivity index (χ4v) is 2.65. The monoisotopic (exact) mass is 300 g/mol. The number of carbonyl (C=O) groups excluding carboxylic acids is 2. The summed E-state index contributed by atoms with van der Waals surface area (Å²) in [5.74, 6) is -0.266. The van der Waals surface area contributed by atoms with E-state index >= 15 is 0 Å². The summed E-state index contributed by atoms with van der Waals surface area (Å²) in [4.78, 5) is 38.2. The van der Waals surface area contributed by atoms with Crippen LogP contribution >= 0.6 is 0 Å². The molecule has 0 aliphatic carbocycles. The van der Waals surface area contributed by atoms with Crippen LogP contribution in [0.1, 0.15) is 16.7 Å². The van der Waals surface area contributed by atoms with Crippen molar-refractivity contribution in [3.05, 3.63) is 45.3 Å². The van der Waals surface area contributed by atoms with Crippen LogP contribution in [-0.4, -0.2) is 35.3 Å². The number of rotatable bonds is 2. The normalized spacial score (nSPS) is 15.2. The van der Waals surface area contributed by atoms with Gasteiger partial charge in [-0.2, -0.15) is 0 Å². The lowest BCUT2D eigenvalue weighted by Crippen LogP contribution is -2.31. The fraction of sp³-hybridized carbons (Fsp3) is 0.312. The van der Waals surface area contributed by atoms with Crippen LogP contribution in [0.2, 0.25) is 0 Å². The van der Waals surface area contributed by atoms with E-state index in [1.54, 1.807) is 7.05 Å². The number of fused-ring (bicyclic) bond motifs is 1. The number of amides is 3. The fourth-order valence-electron chi connectivity index (χ4n) is 2.65. The first-order chi connectivity index (χ1) is 10.4. The van der Waals surface area contributed by atoms with Gasteiger partial charge in [-0.25, -0.2) is 9.59 Å². The first kappa shape index (κ1) is 14.3. The standard InChI is InChI=1S/C16H16N2O4/c1-9-4-5-12-11(6-14(20)22-15(12)10(9)2)7-18-13(19)8-17(3)16(18)21/h4-6H,7-8H2,1-3H3. The lowest BCUT2D eigenvalue weighted by molar-refractivity contribution is -0.125. The van der Waals surface area contributed by atoms with Crippen LogP contribution in [0.4, 0.5) is 4.79 Å². The zero-order valence-corrected chi connectivity index (χ0v) is 12.7. The molecule has 1 aliphatic heterocycles. The van der Waals surface area contributed by atoms with E-state index in [4.69, 9.17) is 4.42 Å². The van der Waals surface area contributed by atoms with Crippen molar-refractivity contribution in [1.82, 2.24) is 9.80 Å². The highest BCUT2D eigenvalue weighted by molar-refractivity contribution is 6.02. The molecule has 2 aromatic rings. The Morgan fingerprint density at radius 3 is 2.55 bits per heavy atom. The van der Waals surface area contributed by atoms with Gasteiger partial charge >= 0.3 is 11.7 Å². The van der Waals surface area contributed by atoms with E-state index in [2.05, 4.69) is 0 Å².